The van der Waals surface area contributed by atoms with Crippen molar-refractivity contribution in [1.29, 1.82) is 0 Å². The number of rotatable bonds is 6. The summed E-state index contributed by atoms with van der Waals surface area (Å²) >= 11 is 0. The number of anilines is 1. The van der Waals surface area contributed by atoms with Crippen molar-refractivity contribution >= 4 is 17.4 Å². The lowest BCUT2D eigenvalue weighted by Gasteiger charge is -2.17. The van der Waals surface area contributed by atoms with E-state index in [1.165, 1.54) is 11.1 Å². The van der Waals surface area contributed by atoms with Crippen molar-refractivity contribution in [3.63, 3.8) is 0 Å². The second-order valence-corrected chi connectivity index (χ2v) is 6.68. The van der Waals surface area contributed by atoms with Gasteiger partial charge in [0.25, 0.3) is 0 Å². The number of hydrogen-bond acceptors (Lipinski definition) is 4. The van der Waals surface area contributed by atoms with Crippen LogP contribution in [0.2, 0.25) is 0 Å². The Morgan fingerprint density at radius 3 is 2.85 bits per heavy atom. The van der Waals surface area contributed by atoms with E-state index in [0.717, 1.165) is 22.7 Å². The van der Waals surface area contributed by atoms with E-state index >= 15 is 0 Å². The number of nitrogens with one attached hydrogen (secondary N) is 2. The molecule has 2 aromatic heterocycles. The van der Waals surface area contributed by atoms with E-state index in [9.17, 15) is 4.79 Å². The minimum absolute atomic E-state index is 0.00768. The van der Waals surface area contributed by atoms with Crippen molar-refractivity contribution in [1.82, 2.24) is 19.7 Å². The first-order valence-electron chi connectivity index (χ1n) is 8.84. The van der Waals surface area contributed by atoms with E-state index in [4.69, 9.17) is 0 Å². The van der Waals surface area contributed by atoms with Crippen molar-refractivity contribution in [2.45, 2.75) is 40.2 Å². The van der Waals surface area contributed by atoms with Gasteiger partial charge in [-0.1, -0.05) is 23.8 Å². The van der Waals surface area contributed by atoms with Gasteiger partial charge in [-0.3, -0.25) is 14.2 Å². The molecule has 0 bridgehead atoms. The van der Waals surface area contributed by atoms with E-state index < -0.39 is 0 Å². The molecule has 6 heteroatoms. The van der Waals surface area contributed by atoms with Gasteiger partial charge in [-0.05, 0) is 38.8 Å². The predicted molar refractivity (Wildman–Crippen MR) is 103 cm³/mol. The normalized spacial score (nSPS) is 12.2. The van der Waals surface area contributed by atoms with Gasteiger partial charge in [0.15, 0.2) is 5.65 Å². The Balaban J connectivity index is 1.56. The Morgan fingerprint density at radius 1 is 1.27 bits per heavy atom. The zero-order chi connectivity index (χ0) is 18.7. The topological polar surface area (TPSA) is 71.3 Å². The van der Waals surface area contributed by atoms with Crippen LogP contribution in [0.3, 0.4) is 0 Å². The van der Waals surface area contributed by atoms with Crippen LogP contribution in [0.25, 0.3) is 5.65 Å². The molecule has 0 saturated heterocycles. The summed E-state index contributed by atoms with van der Waals surface area (Å²) in [7, 11) is 0. The van der Waals surface area contributed by atoms with E-state index in [-0.39, 0.29) is 11.9 Å². The molecule has 0 aliphatic rings. The molecule has 136 valence electrons. The number of aryl methyl sites for hydroxylation is 3. The molecule has 1 amide bonds. The van der Waals surface area contributed by atoms with Crippen LogP contribution < -0.4 is 10.6 Å². The highest BCUT2D eigenvalue weighted by atomic mass is 16.1. The highest BCUT2D eigenvalue weighted by molar-refractivity contribution is 5.77. The number of hydrogen-bond donors (Lipinski definition) is 2. The van der Waals surface area contributed by atoms with Crippen molar-refractivity contribution < 1.29 is 4.79 Å². The highest BCUT2D eigenvalue weighted by Gasteiger charge is 2.13. The van der Waals surface area contributed by atoms with Gasteiger partial charge < -0.3 is 10.6 Å². The molecule has 3 aromatic rings. The highest BCUT2D eigenvalue weighted by Crippen LogP contribution is 2.19. The molecule has 0 fully saturated rings. The van der Waals surface area contributed by atoms with Crippen LogP contribution in [0.15, 0.2) is 36.8 Å². The Morgan fingerprint density at radius 2 is 2.08 bits per heavy atom. The van der Waals surface area contributed by atoms with Crippen molar-refractivity contribution in [3.8, 4) is 0 Å². The van der Waals surface area contributed by atoms with Gasteiger partial charge >= 0.3 is 0 Å². The average Bonchev–Trinajstić information content (AvgIpc) is 2.90. The molecule has 2 N–H and O–H groups in total. The zero-order valence-electron chi connectivity index (χ0n) is 15.7. The number of benzene rings is 1. The second-order valence-electron chi connectivity index (χ2n) is 6.68. The maximum Gasteiger partial charge on any atom is 0.222 e. The van der Waals surface area contributed by atoms with E-state index in [1.807, 2.05) is 24.4 Å². The lowest BCUT2D eigenvalue weighted by Crippen LogP contribution is -2.28. The molecule has 3 rings (SSSR count). The molecule has 6 nitrogen and oxygen atoms in total. The van der Waals surface area contributed by atoms with Crippen molar-refractivity contribution in [3.05, 3.63) is 59.2 Å². The smallest absolute Gasteiger partial charge is 0.222 e. The summed E-state index contributed by atoms with van der Waals surface area (Å²) < 4.78 is 1.94. The van der Waals surface area contributed by atoms with Gasteiger partial charge in [0, 0.05) is 25.4 Å². The first-order chi connectivity index (χ1) is 12.5. The number of nitrogens with zero attached hydrogens (tertiary/aromatic N) is 3. The van der Waals surface area contributed by atoms with E-state index in [0.29, 0.717) is 13.0 Å². The van der Waals surface area contributed by atoms with Crippen LogP contribution in [-0.2, 0) is 4.79 Å². The summed E-state index contributed by atoms with van der Waals surface area (Å²) in [6.07, 6.45) is 5.70. The molecule has 0 radical (unpaired) electrons. The molecule has 2 heterocycles. The Kier molecular flexibility index (Phi) is 5.21. The number of imidazole rings is 1. The minimum atomic E-state index is -0.00768. The van der Waals surface area contributed by atoms with Gasteiger partial charge in [0.05, 0.1) is 17.9 Å². The molecular weight excluding hydrogens is 326 g/mol. The molecular formula is C20H25N5O. The first-order valence-corrected chi connectivity index (χ1v) is 8.84. The monoisotopic (exact) mass is 351 g/mol. The summed E-state index contributed by atoms with van der Waals surface area (Å²) in [5.74, 6) is 0.927. The molecule has 1 aromatic carbocycles. The van der Waals surface area contributed by atoms with Gasteiger partial charge in [-0.2, -0.15) is 0 Å². The number of carbonyl (C=O) groups is 1. The van der Waals surface area contributed by atoms with Crippen LogP contribution in [-0.4, -0.2) is 26.8 Å². The lowest BCUT2D eigenvalue weighted by molar-refractivity contribution is -0.121. The SMILES string of the molecule is Cc1ccc([C@H](C)NC(=O)CCNc2c(C)nc3cnccn23)c(C)c1. The Labute approximate surface area is 153 Å². The fraction of sp³-hybridized carbons (Fsp3) is 0.350. The molecule has 0 aliphatic carbocycles. The van der Waals surface area contributed by atoms with Gasteiger partial charge in [0.1, 0.15) is 5.82 Å². The fourth-order valence-electron chi connectivity index (χ4n) is 3.23. The molecule has 0 unspecified atom stereocenters. The summed E-state index contributed by atoms with van der Waals surface area (Å²) in [5.41, 5.74) is 5.27. The first kappa shape index (κ1) is 17.9. The number of aromatic nitrogens is 3. The van der Waals surface area contributed by atoms with Gasteiger partial charge in [-0.15, -0.1) is 0 Å². The summed E-state index contributed by atoms with van der Waals surface area (Å²) in [6.45, 7) is 8.66. The molecule has 1 atom stereocenters. The molecule has 0 aliphatic heterocycles. The lowest BCUT2D eigenvalue weighted by atomic mass is 10.0. The average molecular weight is 351 g/mol. The van der Waals surface area contributed by atoms with E-state index in [1.54, 1.807) is 12.4 Å². The van der Waals surface area contributed by atoms with Gasteiger partial charge in [0.2, 0.25) is 5.91 Å². The van der Waals surface area contributed by atoms with Crippen molar-refractivity contribution in [2.75, 3.05) is 11.9 Å². The van der Waals surface area contributed by atoms with E-state index in [2.05, 4.69) is 52.6 Å². The van der Waals surface area contributed by atoms with Crippen LogP contribution in [0, 0.1) is 20.8 Å². The minimum Gasteiger partial charge on any atom is -0.369 e. The number of carbonyl (C=O) groups excluding carboxylic acids is 1. The number of amides is 1. The molecule has 0 saturated carbocycles. The fourth-order valence-corrected chi connectivity index (χ4v) is 3.23. The van der Waals surface area contributed by atoms with Crippen LogP contribution >= 0.6 is 0 Å². The number of fused-ring (bicyclic) bond motifs is 1. The third-order valence-electron chi connectivity index (χ3n) is 4.52. The van der Waals surface area contributed by atoms with Crippen molar-refractivity contribution in [2.24, 2.45) is 0 Å². The summed E-state index contributed by atoms with van der Waals surface area (Å²) in [4.78, 5) is 20.8. The maximum atomic E-state index is 12.3. The quantitative estimate of drug-likeness (QED) is 0.714. The summed E-state index contributed by atoms with van der Waals surface area (Å²) in [5, 5.41) is 6.39. The Bertz CT molecular complexity index is 931. The predicted octanol–water partition coefficient (Wildman–Crippen LogP) is 3.33. The third kappa shape index (κ3) is 3.85. The zero-order valence-corrected chi connectivity index (χ0v) is 15.7. The third-order valence-corrected chi connectivity index (χ3v) is 4.52. The Hall–Kier alpha value is -2.89. The standard InChI is InChI=1S/C20H25N5O/c1-13-5-6-17(14(2)11-13)15(3)24-19(26)7-8-22-20-16(4)23-18-12-21-9-10-25(18)20/h5-6,9-12,15,22H,7-8H2,1-4H3,(H,24,26)/t15-/m0/s1. The van der Waals surface area contributed by atoms with Crippen LogP contribution in [0.1, 0.15) is 41.8 Å². The van der Waals surface area contributed by atoms with Gasteiger partial charge in [-0.25, -0.2) is 4.98 Å². The maximum absolute atomic E-state index is 12.3. The largest absolute Gasteiger partial charge is 0.369 e. The van der Waals surface area contributed by atoms with Crippen LogP contribution in [0.4, 0.5) is 5.82 Å². The summed E-state index contributed by atoms with van der Waals surface area (Å²) in [6, 6.07) is 6.30. The van der Waals surface area contributed by atoms with Crippen LogP contribution in [0.5, 0.6) is 0 Å². The second kappa shape index (κ2) is 7.56. The molecule has 0 spiro atoms. The molecule has 26 heavy (non-hydrogen) atoms.